The van der Waals surface area contributed by atoms with Crippen LogP contribution in [0.2, 0.25) is 0 Å². The number of rotatable bonds is 11. The van der Waals surface area contributed by atoms with Crippen molar-refractivity contribution < 1.29 is 18.7 Å². The summed E-state index contributed by atoms with van der Waals surface area (Å²) in [6.45, 7) is 2.21. The van der Waals surface area contributed by atoms with Gasteiger partial charge in [-0.3, -0.25) is 9.59 Å². The number of carbonyl (C=O) groups excluding carboxylic acids is 2. The van der Waals surface area contributed by atoms with E-state index in [1.165, 1.54) is 30.3 Å². The molecule has 184 valence electrons. The molecule has 0 unspecified atom stereocenters. The molecule has 0 saturated heterocycles. The number of methoxy groups -OCH3 is 1. The van der Waals surface area contributed by atoms with E-state index >= 15 is 0 Å². The highest BCUT2D eigenvalue weighted by atomic mass is 32.2. The molecule has 0 heterocycles. The molecule has 0 aromatic heterocycles. The minimum Gasteiger partial charge on any atom is -0.497 e. The van der Waals surface area contributed by atoms with Gasteiger partial charge in [-0.1, -0.05) is 50.5 Å². The average molecular weight is 487 g/mol. The van der Waals surface area contributed by atoms with E-state index in [4.69, 9.17) is 4.74 Å². The Hall–Kier alpha value is -2.54. The number of amides is 2. The fourth-order valence-corrected chi connectivity index (χ4v) is 5.18. The van der Waals surface area contributed by atoms with Crippen LogP contribution in [0, 0.1) is 5.82 Å². The first-order valence-corrected chi connectivity index (χ1v) is 13.2. The molecule has 34 heavy (non-hydrogen) atoms. The summed E-state index contributed by atoms with van der Waals surface area (Å²) in [4.78, 5) is 28.2. The minimum atomic E-state index is -0.555. The van der Waals surface area contributed by atoms with Crippen LogP contribution in [0.3, 0.4) is 0 Å². The number of ether oxygens (including phenoxy) is 1. The molecule has 0 spiro atoms. The normalized spacial score (nSPS) is 14.9. The van der Waals surface area contributed by atoms with E-state index in [1.54, 1.807) is 24.1 Å². The first-order valence-electron chi connectivity index (χ1n) is 12.0. The fraction of sp³-hybridized carbons (Fsp3) is 0.481. The maximum absolute atomic E-state index is 13.4. The fourth-order valence-electron chi connectivity index (χ4n) is 4.31. The number of thioether (sulfide) groups is 1. The van der Waals surface area contributed by atoms with Gasteiger partial charge in [-0.15, -0.1) is 11.8 Å². The standard InChI is InChI=1S/C27H35FN2O3S/c1-3-25(27(32)29-23-7-5-4-6-8-23)30(17-20-9-13-22(28)14-10-20)26(31)19-34-18-21-11-15-24(33-2)16-12-21/h9-16,23,25H,3-8,17-19H2,1-2H3,(H,29,32)/t25-/m1/s1. The van der Waals surface area contributed by atoms with Crippen molar-refractivity contribution in [2.75, 3.05) is 12.9 Å². The van der Waals surface area contributed by atoms with Crippen LogP contribution >= 0.6 is 11.8 Å². The molecule has 1 aliphatic carbocycles. The van der Waals surface area contributed by atoms with Crippen molar-refractivity contribution in [1.82, 2.24) is 10.2 Å². The predicted molar refractivity (Wildman–Crippen MR) is 135 cm³/mol. The quantitative estimate of drug-likeness (QED) is 0.467. The molecular weight excluding hydrogens is 451 g/mol. The van der Waals surface area contributed by atoms with Gasteiger partial charge in [0.2, 0.25) is 11.8 Å². The maximum Gasteiger partial charge on any atom is 0.243 e. The van der Waals surface area contributed by atoms with Crippen LogP contribution in [-0.2, 0) is 21.9 Å². The van der Waals surface area contributed by atoms with Crippen molar-refractivity contribution in [2.24, 2.45) is 0 Å². The predicted octanol–water partition coefficient (Wildman–Crippen LogP) is 5.32. The molecule has 1 fully saturated rings. The Morgan fingerprint density at radius 1 is 1.06 bits per heavy atom. The Morgan fingerprint density at radius 2 is 1.71 bits per heavy atom. The monoisotopic (exact) mass is 486 g/mol. The summed E-state index contributed by atoms with van der Waals surface area (Å²) in [5, 5.41) is 3.18. The Bertz CT molecular complexity index is 914. The topological polar surface area (TPSA) is 58.6 Å². The molecule has 1 N–H and O–H groups in total. The summed E-state index contributed by atoms with van der Waals surface area (Å²) in [7, 11) is 1.63. The zero-order chi connectivity index (χ0) is 24.3. The third kappa shape index (κ3) is 7.76. The van der Waals surface area contributed by atoms with Crippen LogP contribution in [0.5, 0.6) is 5.75 Å². The lowest BCUT2D eigenvalue weighted by molar-refractivity contribution is -0.139. The molecular formula is C27H35FN2O3S. The van der Waals surface area contributed by atoms with Gasteiger partial charge in [0, 0.05) is 18.3 Å². The van der Waals surface area contributed by atoms with E-state index in [2.05, 4.69) is 5.32 Å². The molecule has 0 radical (unpaired) electrons. The Balaban J connectivity index is 1.67. The molecule has 2 aromatic rings. The van der Waals surface area contributed by atoms with Crippen molar-refractivity contribution in [3.05, 3.63) is 65.5 Å². The van der Waals surface area contributed by atoms with Gasteiger partial charge in [0.25, 0.3) is 0 Å². The largest absolute Gasteiger partial charge is 0.497 e. The summed E-state index contributed by atoms with van der Waals surface area (Å²) in [5.74, 6) is 1.24. The van der Waals surface area contributed by atoms with Gasteiger partial charge in [0.15, 0.2) is 0 Å². The Labute approximate surface area is 206 Å². The zero-order valence-corrected chi connectivity index (χ0v) is 20.9. The summed E-state index contributed by atoms with van der Waals surface area (Å²) in [6.07, 6.45) is 5.97. The molecule has 7 heteroatoms. The lowest BCUT2D eigenvalue weighted by Crippen LogP contribution is -2.52. The van der Waals surface area contributed by atoms with Crippen LogP contribution in [0.25, 0.3) is 0 Å². The average Bonchev–Trinajstić information content (AvgIpc) is 2.86. The highest BCUT2D eigenvalue weighted by molar-refractivity contribution is 7.99. The van der Waals surface area contributed by atoms with E-state index in [9.17, 15) is 14.0 Å². The van der Waals surface area contributed by atoms with Crippen molar-refractivity contribution in [1.29, 1.82) is 0 Å². The second-order valence-electron chi connectivity index (χ2n) is 8.76. The van der Waals surface area contributed by atoms with Gasteiger partial charge in [0.1, 0.15) is 17.6 Å². The van der Waals surface area contributed by atoms with E-state index < -0.39 is 6.04 Å². The lowest BCUT2D eigenvalue weighted by Gasteiger charge is -2.32. The summed E-state index contributed by atoms with van der Waals surface area (Å²) in [6, 6.07) is 13.5. The molecule has 2 amide bonds. The SMILES string of the molecule is CC[C@H](C(=O)NC1CCCCC1)N(Cc1ccc(F)cc1)C(=O)CSCc1ccc(OC)cc1. The van der Waals surface area contributed by atoms with Crippen LogP contribution in [0.15, 0.2) is 48.5 Å². The number of nitrogens with one attached hydrogen (secondary N) is 1. The molecule has 1 atom stereocenters. The molecule has 1 aliphatic rings. The van der Waals surface area contributed by atoms with Gasteiger partial charge >= 0.3 is 0 Å². The zero-order valence-electron chi connectivity index (χ0n) is 20.1. The lowest BCUT2D eigenvalue weighted by atomic mass is 9.95. The van der Waals surface area contributed by atoms with Crippen LogP contribution < -0.4 is 10.1 Å². The van der Waals surface area contributed by atoms with Crippen LogP contribution in [-0.4, -0.2) is 41.7 Å². The number of hydrogen-bond acceptors (Lipinski definition) is 4. The van der Waals surface area contributed by atoms with E-state index in [-0.39, 0.29) is 36.0 Å². The Kier molecular flexibility index (Phi) is 10.3. The van der Waals surface area contributed by atoms with Crippen molar-refractivity contribution in [2.45, 2.75) is 69.8 Å². The minimum absolute atomic E-state index is 0.0894. The molecule has 0 aliphatic heterocycles. The molecule has 3 rings (SSSR count). The first kappa shape index (κ1) is 26.1. The second-order valence-corrected chi connectivity index (χ2v) is 9.74. The van der Waals surface area contributed by atoms with Gasteiger partial charge in [-0.05, 0) is 54.7 Å². The molecule has 1 saturated carbocycles. The van der Waals surface area contributed by atoms with Gasteiger partial charge < -0.3 is 15.0 Å². The van der Waals surface area contributed by atoms with Gasteiger partial charge in [-0.2, -0.15) is 0 Å². The summed E-state index contributed by atoms with van der Waals surface area (Å²) < 4.78 is 18.6. The number of hydrogen-bond donors (Lipinski definition) is 1. The highest BCUT2D eigenvalue weighted by Gasteiger charge is 2.30. The number of carbonyl (C=O) groups is 2. The van der Waals surface area contributed by atoms with Crippen LogP contribution in [0.1, 0.15) is 56.6 Å². The highest BCUT2D eigenvalue weighted by Crippen LogP contribution is 2.21. The molecule has 5 nitrogen and oxygen atoms in total. The van der Waals surface area contributed by atoms with E-state index in [0.717, 1.165) is 42.6 Å². The number of nitrogens with zero attached hydrogens (tertiary/aromatic N) is 1. The second kappa shape index (κ2) is 13.4. The van der Waals surface area contributed by atoms with Gasteiger partial charge in [-0.25, -0.2) is 4.39 Å². The first-order chi connectivity index (χ1) is 16.5. The third-order valence-corrected chi connectivity index (χ3v) is 7.25. The third-order valence-electron chi connectivity index (χ3n) is 6.26. The van der Waals surface area contributed by atoms with Crippen molar-refractivity contribution >= 4 is 23.6 Å². The summed E-state index contributed by atoms with van der Waals surface area (Å²) in [5.41, 5.74) is 1.91. The van der Waals surface area contributed by atoms with Gasteiger partial charge in [0.05, 0.1) is 12.9 Å². The number of benzene rings is 2. The van der Waals surface area contributed by atoms with Crippen molar-refractivity contribution in [3.63, 3.8) is 0 Å². The maximum atomic E-state index is 13.4. The van der Waals surface area contributed by atoms with Crippen molar-refractivity contribution in [3.8, 4) is 5.75 Å². The van der Waals surface area contributed by atoms with Crippen LogP contribution in [0.4, 0.5) is 4.39 Å². The molecule has 0 bridgehead atoms. The smallest absolute Gasteiger partial charge is 0.243 e. The Morgan fingerprint density at radius 3 is 2.32 bits per heavy atom. The van der Waals surface area contributed by atoms with E-state index in [1.807, 2.05) is 31.2 Å². The summed E-state index contributed by atoms with van der Waals surface area (Å²) >= 11 is 1.52. The van der Waals surface area contributed by atoms with E-state index in [0.29, 0.717) is 12.2 Å². The number of halogens is 1. The molecule has 2 aromatic carbocycles.